The fourth-order valence-electron chi connectivity index (χ4n) is 2.77. The van der Waals surface area contributed by atoms with Crippen LogP contribution in [0.4, 0.5) is 4.39 Å². The lowest BCUT2D eigenvalue weighted by Gasteiger charge is -2.34. The van der Waals surface area contributed by atoms with Gasteiger partial charge in [0.2, 0.25) is 0 Å². The van der Waals surface area contributed by atoms with Crippen molar-refractivity contribution < 1.29 is 19.4 Å². The standard InChI is InChI=1S/C15H17FN2O3/c16-11-1-2-12-10(5-11)6-13(17-12)15(21)18-4-3-9(8-19)14(20)7-18/h1-2,5-6,9,14,17,19-20H,3-4,7-8H2. The van der Waals surface area contributed by atoms with Gasteiger partial charge in [0.1, 0.15) is 11.5 Å². The van der Waals surface area contributed by atoms with Gasteiger partial charge in [-0.3, -0.25) is 4.79 Å². The van der Waals surface area contributed by atoms with E-state index in [-0.39, 0.29) is 30.8 Å². The van der Waals surface area contributed by atoms with Gasteiger partial charge in [-0.25, -0.2) is 4.39 Å². The molecular formula is C15H17FN2O3. The zero-order valence-electron chi connectivity index (χ0n) is 11.4. The Morgan fingerprint density at radius 1 is 1.43 bits per heavy atom. The van der Waals surface area contributed by atoms with Crippen molar-refractivity contribution in [1.29, 1.82) is 0 Å². The van der Waals surface area contributed by atoms with Crippen LogP contribution >= 0.6 is 0 Å². The summed E-state index contributed by atoms with van der Waals surface area (Å²) >= 11 is 0. The van der Waals surface area contributed by atoms with E-state index in [0.29, 0.717) is 29.6 Å². The lowest BCUT2D eigenvalue weighted by Crippen LogP contribution is -2.47. The number of halogens is 1. The van der Waals surface area contributed by atoms with Crippen LogP contribution in [0.1, 0.15) is 16.9 Å². The lowest BCUT2D eigenvalue weighted by molar-refractivity contribution is 0.000696. The number of nitrogens with one attached hydrogen (secondary N) is 1. The highest BCUT2D eigenvalue weighted by Gasteiger charge is 2.30. The largest absolute Gasteiger partial charge is 0.396 e. The Hall–Kier alpha value is -1.92. The number of hydrogen-bond acceptors (Lipinski definition) is 3. The molecule has 1 saturated heterocycles. The van der Waals surface area contributed by atoms with Crippen LogP contribution in [-0.2, 0) is 0 Å². The van der Waals surface area contributed by atoms with Gasteiger partial charge in [-0.2, -0.15) is 0 Å². The predicted molar refractivity (Wildman–Crippen MR) is 75.4 cm³/mol. The number of aromatic nitrogens is 1. The highest BCUT2D eigenvalue weighted by atomic mass is 19.1. The number of β-amino-alcohol motifs (C(OH)–C–C–N with tert-alkyl or cyclic N) is 1. The van der Waals surface area contributed by atoms with Gasteiger partial charge in [0, 0.05) is 36.5 Å². The molecule has 2 heterocycles. The minimum Gasteiger partial charge on any atom is -0.396 e. The number of aliphatic hydroxyl groups is 2. The summed E-state index contributed by atoms with van der Waals surface area (Å²) in [7, 11) is 0. The normalized spacial score (nSPS) is 22.7. The molecule has 1 amide bonds. The summed E-state index contributed by atoms with van der Waals surface area (Å²) in [6.45, 7) is 0.619. The minimum atomic E-state index is -0.713. The number of likely N-dealkylation sites (tertiary alicyclic amines) is 1. The maximum Gasteiger partial charge on any atom is 0.270 e. The third kappa shape index (κ3) is 2.64. The molecule has 0 radical (unpaired) electrons. The molecule has 2 atom stereocenters. The maximum atomic E-state index is 13.2. The van der Waals surface area contributed by atoms with E-state index >= 15 is 0 Å². The molecule has 0 bridgehead atoms. The molecule has 2 unspecified atom stereocenters. The number of piperidine rings is 1. The number of H-pyrrole nitrogens is 1. The van der Waals surface area contributed by atoms with Crippen LogP contribution in [0, 0.1) is 11.7 Å². The van der Waals surface area contributed by atoms with Gasteiger partial charge in [-0.05, 0) is 30.7 Å². The Morgan fingerprint density at radius 3 is 2.95 bits per heavy atom. The summed E-state index contributed by atoms with van der Waals surface area (Å²) in [5.41, 5.74) is 1.08. The fraction of sp³-hybridized carbons (Fsp3) is 0.400. The SMILES string of the molecule is O=C(c1cc2cc(F)ccc2[nH]1)N1CCC(CO)C(O)C1. The van der Waals surface area contributed by atoms with Gasteiger partial charge >= 0.3 is 0 Å². The van der Waals surface area contributed by atoms with Gasteiger partial charge in [-0.15, -0.1) is 0 Å². The Morgan fingerprint density at radius 2 is 2.24 bits per heavy atom. The highest BCUT2D eigenvalue weighted by molar-refractivity contribution is 5.98. The topological polar surface area (TPSA) is 76.6 Å². The Kier molecular flexibility index (Phi) is 3.65. The molecule has 1 aliphatic rings. The molecule has 3 rings (SSSR count). The Balaban J connectivity index is 1.80. The van der Waals surface area contributed by atoms with Crippen molar-refractivity contribution in [3.63, 3.8) is 0 Å². The average molecular weight is 292 g/mol. The number of rotatable bonds is 2. The number of fused-ring (bicyclic) bond motifs is 1. The second-order valence-corrected chi connectivity index (χ2v) is 5.46. The molecule has 5 nitrogen and oxygen atoms in total. The summed E-state index contributed by atoms with van der Waals surface area (Å²) in [6, 6.07) is 5.92. The first-order valence-electron chi connectivity index (χ1n) is 6.95. The van der Waals surface area contributed by atoms with Crippen molar-refractivity contribution in [3.8, 4) is 0 Å². The van der Waals surface area contributed by atoms with E-state index in [9.17, 15) is 14.3 Å². The van der Waals surface area contributed by atoms with Crippen molar-refractivity contribution in [2.45, 2.75) is 12.5 Å². The molecule has 6 heteroatoms. The Labute approximate surface area is 121 Å². The molecular weight excluding hydrogens is 275 g/mol. The number of aliphatic hydroxyl groups excluding tert-OH is 2. The number of aromatic amines is 1. The molecule has 1 aromatic heterocycles. The van der Waals surface area contributed by atoms with Gasteiger partial charge in [0.15, 0.2) is 0 Å². The van der Waals surface area contributed by atoms with E-state index < -0.39 is 6.10 Å². The van der Waals surface area contributed by atoms with E-state index in [1.165, 1.54) is 12.1 Å². The van der Waals surface area contributed by atoms with Crippen LogP contribution in [0.2, 0.25) is 0 Å². The average Bonchev–Trinajstić information content (AvgIpc) is 2.89. The van der Waals surface area contributed by atoms with Crippen LogP contribution in [0.25, 0.3) is 10.9 Å². The number of benzene rings is 1. The van der Waals surface area contributed by atoms with Gasteiger partial charge in [0.05, 0.1) is 6.10 Å². The van der Waals surface area contributed by atoms with Crippen LogP contribution in [-0.4, -0.2) is 51.8 Å². The molecule has 1 aliphatic heterocycles. The smallest absolute Gasteiger partial charge is 0.270 e. The third-order valence-corrected chi connectivity index (χ3v) is 4.06. The number of carbonyl (C=O) groups is 1. The molecule has 112 valence electrons. The molecule has 0 saturated carbocycles. The van der Waals surface area contributed by atoms with Crippen LogP contribution in [0.3, 0.4) is 0 Å². The first kappa shape index (κ1) is 14.0. The summed E-state index contributed by atoms with van der Waals surface area (Å²) in [4.78, 5) is 16.9. The number of nitrogens with zero attached hydrogens (tertiary/aromatic N) is 1. The van der Waals surface area contributed by atoms with E-state index in [2.05, 4.69) is 4.98 Å². The van der Waals surface area contributed by atoms with Crippen molar-refractivity contribution in [2.75, 3.05) is 19.7 Å². The molecule has 2 aromatic rings. The molecule has 1 aromatic carbocycles. The monoisotopic (exact) mass is 292 g/mol. The minimum absolute atomic E-state index is 0.0745. The van der Waals surface area contributed by atoms with E-state index in [4.69, 9.17) is 5.11 Å². The summed E-state index contributed by atoms with van der Waals surface area (Å²) in [5.74, 6) is -0.743. The fourth-order valence-corrected chi connectivity index (χ4v) is 2.77. The number of carbonyl (C=O) groups excluding carboxylic acids is 1. The van der Waals surface area contributed by atoms with Crippen LogP contribution in [0.15, 0.2) is 24.3 Å². The molecule has 21 heavy (non-hydrogen) atoms. The number of hydrogen-bond donors (Lipinski definition) is 3. The van der Waals surface area contributed by atoms with E-state index in [1.807, 2.05) is 0 Å². The van der Waals surface area contributed by atoms with Crippen molar-refractivity contribution >= 4 is 16.8 Å². The summed E-state index contributed by atoms with van der Waals surface area (Å²) in [6.07, 6.45) is -0.146. The second-order valence-electron chi connectivity index (χ2n) is 5.46. The van der Waals surface area contributed by atoms with E-state index in [1.54, 1.807) is 17.0 Å². The molecule has 1 fully saturated rings. The molecule has 0 spiro atoms. The first-order chi connectivity index (χ1) is 10.1. The van der Waals surface area contributed by atoms with Crippen molar-refractivity contribution in [3.05, 3.63) is 35.8 Å². The quantitative estimate of drug-likeness (QED) is 0.776. The van der Waals surface area contributed by atoms with Crippen molar-refractivity contribution in [1.82, 2.24) is 9.88 Å². The zero-order chi connectivity index (χ0) is 15.0. The first-order valence-corrected chi connectivity index (χ1v) is 6.95. The Bertz CT molecular complexity index is 670. The third-order valence-electron chi connectivity index (χ3n) is 4.06. The maximum absolute atomic E-state index is 13.2. The van der Waals surface area contributed by atoms with Crippen molar-refractivity contribution in [2.24, 2.45) is 5.92 Å². The predicted octanol–water partition coefficient (Wildman–Crippen LogP) is 1.12. The lowest BCUT2D eigenvalue weighted by atomic mass is 9.94. The molecule has 3 N–H and O–H groups in total. The van der Waals surface area contributed by atoms with E-state index in [0.717, 1.165) is 0 Å². The highest BCUT2D eigenvalue weighted by Crippen LogP contribution is 2.21. The second kappa shape index (κ2) is 5.46. The van der Waals surface area contributed by atoms with Gasteiger partial charge < -0.3 is 20.1 Å². The summed E-state index contributed by atoms with van der Waals surface area (Å²) in [5, 5.41) is 19.7. The summed E-state index contributed by atoms with van der Waals surface area (Å²) < 4.78 is 13.2. The number of amides is 1. The van der Waals surface area contributed by atoms with Gasteiger partial charge in [-0.1, -0.05) is 0 Å². The molecule has 0 aliphatic carbocycles. The van der Waals surface area contributed by atoms with Crippen LogP contribution in [0.5, 0.6) is 0 Å². The zero-order valence-corrected chi connectivity index (χ0v) is 11.4. The van der Waals surface area contributed by atoms with Gasteiger partial charge in [0.25, 0.3) is 5.91 Å². The van der Waals surface area contributed by atoms with Crippen LogP contribution < -0.4 is 0 Å².